The highest BCUT2D eigenvalue weighted by molar-refractivity contribution is 7.96. The van der Waals surface area contributed by atoms with E-state index in [4.69, 9.17) is 4.74 Å². The van der Waals surface area contributed by atoms with Gasteiger partial charge in [0.05, 0.1) is 22.9 Å². The van der Waals surface area contributed by atoms with E-state index >= 15 is 0 Å². The zero-order valence-corrected chi connectivity index (χ0v) is 18.7. The molecule has 0 bridgehead atoms. The van der Waals surface area contributed by atoms with Gasteiger partial charge in [0.15, 0.2) is 14.7 Å². The van der Waals surface area contributed by atoms with Crippen LogP contribution in [-0.4, -0.2) is 62.1 Å². The topological polar surface area (TPSA) is 106 Å². The van der Waals surface area contributed by atoms with Crippen molar-refractivity contribution < 1.29 is 22.7 Å². The van der Waals surface area contributed by atoms with Gasteiger partial charge in [0.25, 0.3) is 5.91 Å². The Morgan fingerprint density at radius 3 is 2.97 bits per heavy atom. The molecule has 2 aliphatic heterocycles. The van der Waals surface area contributed by atoms with E-state index in [1.54, 1.807) is 21.7 Å². The van der Waals surface area contributed by atoms with Crippen molar-refractivity contribution in [1.29, 1.82) is 0 Å². The maximum absolute atomic E-state index is 12.9. The summed E-state index contributed by atoms with van der Waals surface area (Å²) in [5, 5.41) is 3.05. The molecule has 2 atom stereocenters. The Morgan fingerprint density at radius 2 is 2.17 bits per heavy atom. The number of aromatic nitrogens is 1. The second kappa shape index (κ2) is 8.66. The van der Waals surface area contributed by atoms with E-state index < -0.39 is 15.7 Å². The smallest absolute Gasteiger partial charge is 0.268 e. The summed E-state index contributed by atoms with van der Waals surface area (Å²) in [6, 6.07) is 0. The predicted molar refractivity (Wildman–Crippen MR) is 113 cm³/mol. The molecule has 0 radical (unpaired) electrons. The summed E-state index contributed by atoms with van der Waals surface area (Å²) >= 11 is 1.61. The minimum Gasteiger partial charge on any atom is -0.496 e. The number of carbonyl (C=O) groups excluding carboxylic acids is 2. The number of likely N-dealkylation sites (tertiary alicyclic amines) is 1. The molecule has 8 nitrogen and oxygen atoms in total. The van der Waals surface area contributed by atoms with Gasteiger partial charge in [0, 0.05) is 24.5 Å². The highest BCUT2D eigenvalue weighted by Gasteiger charge is 2.37. The number of sulfone groups is 1. The number of piperidine rings is 1. The Bertz CT molecular complexity index is 969. The lowest BCUT2D eigenvalue weighted by Crippen LogP contribution is -2.46. The molecule has 1 aromatic heterocycles. The van der Waals surface area contributed by atoms with Crippen molar-refractivity contribution in [3.05, 3.63) is 26.7 Å². The first-order chi connectivity index (χ1) is 14.4. The number of hydrogen-bond donors (Lipinski definition) is 1. The summed E-state index contributed by atoms with van der Waals surface area (Å²) in [7, 11) is -3.61. The third-order valence-electron chi connectivity index (χ3n) is 6.08. The number of hydrogen-bond acceptors (Lipinski definition) is 7. The lowest BCUT2D eigenvalue weighted by atomic mass is 9.90. The number of amides is 2. The van der Waals surface area contributed by atoms with E-state index in [1.807, 2.05) is 0 Å². The Morgan fingerprint density at radius 1 is 1.33 bits per heavy atom. The van der Waals surface area contributed by atoms with Crippen LogP contribution in [0, 0.1) is 5.92 Å². The number of aryl methyl sites for hydroxylation is 1. The summed E-state index contributed by atoms with van der Waals surface area (Å²) < 4.78 is 30.1. The number of rotatable bonds is 4. The van der Waals surface area contributed by atoms with Crippen molar-refractivity contribution >= 4 is 33.0 Å². The average molecular weight is 454 g/mol. The fraction of sp³-hybridized carbons (Fsp3) is 0.650. The summed E-state index contributed by atoms with van der Waals surface area (Å²) in [6.45, 7) is 3.03. The lowest BCUT2D eigenvalue weighted by molar-refractivity contribution is -0.128. The minimum atomic E-state index is -3.61. The van der Waals surface area contributed by atoms with Gasteiger partial charge in [-0.3, -0.25) is 9.59 Å². The van der Waals surface area contributed by atoms with E-state index in [2.05, 4.69) is 10.3 Å². The molecule has 0 aromatic carbocycles. The molecule has 1 aromatic rings. The van der Waals surface area contributed by atoms with Crippen LogP contribution in [0.5, 0.6) is 0 Å². The monoisotopic (exact) mass is 453 g/mol. The van der Waals surface area contributed by atoms with E-state index in [9.17, 15) is 18.0 Å². The van der Waals surface area contributed by atoms with Crippen LogP contribution in [0.2, 0.25) is 0 Å². The summed E-state index contributed by atoms with van der Waals surface area (Å²) in [6.07, 6.45) is 4.45. The van der Waals surface area contributed by atoms with Gasteiger partial charge < -0.3 is 15.0 Å². The van der Waals surface area contributed by atoms with Crippen LogP contribution < -0.4 is 5.32 Å². The zero-order chi connectivity index (χ0) is 21.3. The van der Waals surface area contributed by atoms with Gasteiger partial charge >= 0.3 is 0 Å². The number of thiazole rings is 1. The van der Waals surface area contributed by atoms with Crippen molar-refractivity contribution in [3.63, 3.8) is 0 Å². The zero-order valence-electron chi connectivity index (χ0n) is 17.1. The Kier molecular flexibility index (Phi) is 6.15. The molecule has 0 spiro atoms. The van der Waals surface area contributed by atoms with Crippen LogP contribution in [0.4, 0.5) is 0 Å². The molecule has 164 valence electrons. The van der Waals surface area contributed by atoms with Gasteiger partial charge in [-0.2, -0.15) is 0 Å². The molecule has 1 aliphatic carbocycles. The van der Waals surface area contributed by atoms with E-state index in [0.29, 0.717) is 19.6 Å². The van der Waals surface area contributed by atoms with E-state index in [-0.39, 0.29) is 40.8 Å². The number of nitrogens with one attached hydrogen (secondary N) is 1. The van der Waals surface area contributed by atoms with Crippen molar-refractivity contribution in [1.82, 2.24) is 15.2 Å². The predicted octanol–water partition coefficient (Wildman–Crippen LogP) is 1.59. The first-order valence-electron chi connectivity index (χ1n) is 10.4. The first-order valence-corrected chi connectivity index (χ1v) is 13.0. The molecule has 4 rings (SSSR count). The van der Waals surface area contributed by atoms with Gasteiger partial charge in [0.2, 0.25) is 5.91 Å². The van der Waals surface area contributed by atoms with Gasteiger partial charge in [0.1, 0.15) is 12.4 Å². The molecule has 30 heavy (non-hydrogen) atoms. The second-order valence-electron chi connectivity index (χ2n) is 8.16. The average Bonchev–Trinajstić information content (AvgIpc) is 3.20. The third-order valence-corrected chi connectivity index (χ3v) is 8.78. The van der Waals surface area contributed by atoms with E-state index in [0.717, 1.165) is 37.8 Å². The minimum absolute atomic E-state index is 0.00730. The second-order valence-corrected chi connectivity index (χ2v) is 11.1. The van der Waals surface area contributed by atoms with Crippen molar-refractivity contribution in [2.24, 2.45) is 5.92 Å². The van der Waals surface area contributed by atoms with Gasteiger partial charge in [-0.1, -0.05) is 0 Å². The SMILES string of the molecule is CC1=C(C(=O)N2CCC[C@H](CNC(=O)C3CCCc4scnc43)C2)S(=O)(=O)CCO1. The molecule has 2 amide bonds. The van der Waals surface area contributed by atoms with Crippen LogP contribution >= 0.6 is 11.3 Å². The van der Waals surface area contributed by atoms with Crippen molar-refractivity contribution in [2.45, 2.75) is 44.9 Å². The Hall–Kier alpha value is -1.94. The van der Waals surface area contributed by atoms with Crippen molar-refractivity contribution in [2.75, 3.05) is 32.0 Å². The Labute approximate surface area is 180 Å². The maximum Gasteiger partial charge on any atom is 0.268 e. The van der Waals surface area contributed by atoms with Gasteiger partial charge in [-0.05, 0) is 44.9 Å². The largest absolute Gasteiger partial charge is 0.496 e. The summed E-state index contributed by atoms with van der Waals surface area (Å²) in [5.74, 6) is -0.580. The fourth-order valence-electron chi connectivity index (χ4n) is 4.51. The number of fused-ring (bicyclic) bond motifs is 1. The standard InChI is InChI=1S/C20H27N3O5S2/c1-13-18(30(26,27)9-8-28-13)20(25)23-7-3-4-14(11-23)10-21-19(24)15-5-2-6-16-17(15)22-12-29-16/h12,14-15H,2-11H2,1H3,(H,21,24)/t14-,15?/m1/s1. The molecule has 1 saturated heterocycles. The molecular formula is C20H27N3O5S2. The quantitative estimate of drug-likeness (QED) is 0.742. The van der Waals surface area contributed by atoms with Crippen LogP contribution in [0.3, 0.4) is 0 Å². The van der Waals surface area contributed by atoms with Crippen LogP contribution in [0.15, 0.2) is 16.2 Å². The van der Waals surface area contributed by atoms with Crippen LogP contribution in [0.25, 0.3) is 0 Å². The van der Waals surface area contributed by atoms with Gasteiger partial charge in [-0.25, -0.2) is 13.4 Å². The Balaban J connectivity index is 1.37. The van der Waals surface area contributed by atoms with Crippen LogP contribution in [-0.2, 0) is 30.6 Å². The molecule has 1 fully saturated rings. The summed E-state index contributed by atoms with van der Waals surface area (Å²) in [5.41, 5.74) is 2.72. The summed E-state index contributed by atoms with van der Waals surface area (Å²) in [4.78, 5) is 32.7. The molecular weight excluding hydrogens is 426 g/mol. The van der Waals surface area contributed by atoms with Gasteiger partial charge in [-0.15, -0.1) is 11.3 Å². The number of ether oxygens (including phenoxy) is 1. The molecule has 3 aliphatic rings. The number of allylic oxidation sites excluding steroid dienone is 1. The molecule has 1 unspecified atom stereocenters. The number of nitrogens with zero attached hydrogens (tertiary/aromatic N) is 2. The maximum atomic E-state index is 12.9. The first kappa shape index (κ1) is 21.3. The van der Waals surface area contributed by atoms with E-state index in [1.165, 1.54) is 11.8 Å². The van der Waals surface area contributed by atoms with Crippen molar-refractivity contribution in [3.8, 4) is 0 Å². The molecule has 3 heterocycles. The highest BCUT2D eigenvalue weighted by atomic mass is 32.2. The molecule has 10 heteroatoms. The lowest BCUT2D eigenvalue weighted by Gasteiger charge is -2.34. The fourth-order valence-corrected chi connectivity index (χ4v) is 6.78. The third kappa shape index (κ3) is 4.25. The highest BCUT2D eigenvalue weighted by Crippen LogP contribution is 2.33. The molecule has 0 saturated carbocycles. The number of carbonyl (C=O) groups is 2. The van der Waals surface area contributed by atoms with Crippen LogP contribution in [0.1, 0.15) is 49.1 Å². The molecule has 1 N–H and O–H groups in total. The normalized spacial score (nSPS) is 26.0.